The predicted molar refractivity (Wildman–Crippen MR) is 90.9 cm³/mol. The minimum atomic E-state index is -0.294. The van der Waals surface area contributed by atoms with Gasteiger partial charge < -0.3 is 15.0 Å². The molecule has 2 heterocycles. The van der Waals surface area contributed by atoms with Crippen molar-refractivity contribution in [2.75, 3.05) is 23.3 Å². The molecule has 1 aliphatic rings. The van der Waals surface area contributed by atoms with Crippen molar-refractivity contribution in [3.05, 3.63) is 47.9 Å². The second kappa shape index (κ2) is 6.85. The second-order valence-electron chi connectivity index (χ2n) is 5.97. The summed E-state index contributed by atoms with van der Waals surface area (Å²) in [6.45, 7) is 5.31. The Hall–Kier alpha value is -2.65. The van der Waals surface area contributed by atoms with Crippen molar-refractivity contribution >= 4 is 17.2 Å². The van der Waals surface area contributed by atoms with Gasteiger partial charge in [0.05, 0.1) is 17.9 Å². The monoisotopic (exact) mass is 326 g/mol. The van der Waals surface area contributed by atoms with Gasteiger partial charge in [-0.3, -0.25) is 0 Å². The number of nitrogens with one attached hydrogen (secondary N) is 1. The lowest BCUT2D eigenvalue weighted by Gasteiger charge is -2.37. The first-order valence-electron chi connectivity index (χ1n) is 7.89. The highest BCUT2D eigenvalue weighted by molar-refractivity contribution is 5.62. The van der Waals surface area contributed by atoms with Crippen LogP contribution in [0.25, 0.3) is 0 Å². The number of rotatable bonds is 3. The highest BCUT2D eigenvalue weighted by atomic mass is 19.1. The summed E-state index contributed by atoms with van der Waals surface area (Å²) in [4.78, 5) is 6.13. The third-order valence-corrected chi connectivity index (χ3v) is 3.84. The zero-order chi connectivity index (χ0) is 17.1. The van der Waals surface area contributed by atoms with Gasteiger partial charge in [0, 0.05) is 18.8 Å². The third kappa shape index (κ3) is 3.63. The van der Waals surface area contributed by atoms with Gasteiger partial charge in [-0.1, -0.05) is 6.07 Å². The summed E-state index contributed by atoms with van der Waals surface area (Å²) in [6, 6.07) is 12.1. The van der Waals surface area contributed by atoms with E-state index < -0.39 is 0 Å². The van der Waals surface area contributed by atoms with E-state index in [0.717, 1.165) is 0 Å². The normalized spacial score (nSPS) is 20.5. The fourth-order valence-corrected chi connectivity index (χ4v) is 2.93. The summed E-state index contributed by atoms with van der Waals surface area (Å²) in [6.07, 6.45) is 0.146. The standard InChI is InChI=1S/C18H19FN4O/c1-12-10-23(11-13(2)24-12)17-7-6-14(8-16(17)19)21-18-5-3-4-15(9-20)22-18/h3-8,12-13H,10-11H2,1-2H3,(H,21,22). The summed E-state index contributed by atoms with van der Waals surface area (Å²) >= 11 is 0. The Balaban J connectivity index is 1.78. The van der Waals surface area contributed by atoms with Crippen LogP contribution in [0, 0.1) is 17.1 Å². The van der Waals surface area contributed by atoms with E-state index in [1.165, 1.54) is 6.07 Å². The highest BCUT2D eigenvalue weighted by Crippen LogP contribution is 2.27. The van der Waals surface area contributed by atoms with Gasteiger partial charge in [0.1, 0.15) is 23.4 Å². The molecule has 0 spiro atoms. The van der Waals surface area contributed by atoms with Crippen LogP contribution in [0.2, 0.25) is 0 Å². The molecule has 24 heavy (non-hydrogen) atoms. The molecule has 2 atom stereocenters. The van der Waals surface area contributed by atoms with E-state index >= 15 is 0 Å². The number of halogens is 1. The predicted octanol–water partition coefficient (Wildman–Crippen LogP) is 3.45. The average molecular weight is 326 g/mol. The molecule has 1 aliphatic heterocycles. The summed E-state index contributed by atoms with van der Waals surface area (Å²) in [5.41, 5.74) is 1.47. The van der Waals surface area contributed by atoms with Crippen molar-refractivity contribution in [1.82, 2.24) is 4.98 Å². The molecular weight excluding hydrogens is 307 g/mol. The van der Waals surface area contributed by atoms with Gasteiger partial charge in [0.2, 0.25) is 0 Å². The molecule has 0 bridgehead atoms. The van der Waals surface area contributed by atoms with Gasteiger partial charge in [-0.25, -0.2) is 9.37 Å². The first kappa shape index (κ1) is 16.2. The van der Waals surface area contributed by atoms with E-state index in [0.29, 0.717) is 36.0 Å². The molecule has 2 unspecified atom stereocenters. The molecule has 1 aromatic carbocycles. The maximum Gasteiger partial charge on any atom is 0.148 e. The summed E-state index contributed by atoms with van der Waals surface area (Å²) in [7, 11) is 0. The molecule has 1 aromatic heterocycles. The number of nitrogens with zero attached hydrogens (tertiary/aromatic N) is 3. The topological polar surface area (TPSA) is 61.2 Å². The van der Waals surface area contributed by atoms with Gasteiger partial charge in [0.15, 0.2) is 0 Å². The SMILES string of the molecule is CC1CN(c2ccc(Nc3cccc(C#N)n3)cc2F)CC(C)O1. The van der Waals surface area contributed by atoms with Crippen molar-refractivity contribution in [2.45, 2.75) is 26.1 Å². The summed E-state index contributed by atoms with van der Waals surface area (Å²) in [5.74, 6) is 0.215. The van der Waals surface area contributed by atoms with Gasteiger partial charge >= 0.3 is 0 Å². The Morgan fingerprint density at radius 2 is 2.00 bits per heavy atom. The Kier molecular flexibility index (Phi) is 4.63. The molecule has 0 radical (unpaired) electrons. The fourth-order valence-electron chi connectivity index (χ4n) is 2.93. The van der Waals surface area contributed by atoms with Crippen LogP contribution in [0.5, 0.6) is 0 Å². The number of morpholine rings is 1. The Morgan fingerprint density at radius 1 is 1.25 bits per heavy atom. The van der Waals surface area contributed by atoms with Crippen molar-refractivity contribution < 1.29 is 9.13 Å². The minimum absolute atomic E-state index is 0.0730. The quantitative estimate of drug-likeness (QED) is 0.936. The third-order valence-electron chi connectivity index (χ3n) is 3.84. The first-order chi connectivity index (χ1) is 11.5. The molecular formula is C18H19FN4O. The van der Waals surface area contributed by atoms with Crippen LogP contribution in [0.1, 0.15) is 19.5 Å². The zero-order valence-electron chi connectivity index (χ0n) is 13.7. The maximum absolute atomic E-state index is 14.5. The van der Waals surface area contributed by atoms with E-state index in [2.05, 4.69) is 10.3 Å². The largest absolute Gasteiger partial charge is 0.372 e. The molecule has 2 aromatic rings. The van der Waals surface area contributed by atoms with E-state index in [9.17, 15) is 4.39 Å². The smallest absolute Gasteiger partial charge is 0.148 e. The lowest BCUT2D eigenvalue weighted by Crippen LogP contribution is -2.45. The fraction of sp³-hybridized carbons (Fsp3) is 0.333. The van der Waals surface area contributed by atoms with E-state index in [1.807, 2.05) is 30.9 Å². The van der Waals surface area contributed by atoms with Crippen LogP contribution >= 0.6 is 0 Å². The van der Waals surface area contributed by atoms with Crippen LogP contribution in [0.3, 0.4) is 0 Å². The van der Waals surface area contributed by atoms with Crippen LogP contribution in [0.4, 0.5) is 21.6 Å². The van der Waals surface area contributed by atoms with Gasteiger partial charge in [-0.05, 0) is 44.2 Å². The molecule has 1 saturated heterocycles. The number of hydrogen-bond acceptors (Lipinski definition) is 5. The summed E-state index contributed by atoms with van der Waals surface area (Å²) in [5, 5.41) is 11.9. The Labute approximate surface area is 140 Å². The lowest BCUT2D eigenvalue weighted by atomic mass is 10.2. The molecule has 0 amide bonds. The second-order valence-corrected chi connectivity index (χ2v) is 5.97. The average Bonchev–Trinajstić information content (AvgIpc) is 2.54. The molecule has 1 fully saturated rings. The van der Waals surface area contributed by atoms with E-state index in [4.69, 9.17) is 10.00 Å². The highest BCUT2D eigenvalue weighted by Gasteiger charge is 2.24. The van der Waals surface area contributed by atoms with Gasteiger partial charge in [-0.2, -0.15) is 5.26 Å². The van der Waals surface area contributed by atoms with Gasteiger partial charge in [0.25, 0.3) is 0 Å². The van der Waals surface area contributed by atoms with Crippen LogP contribution in [-0.2, 0) is 4.74 Å². The molecule has 1 N–H and O–H groups in total. The van der Waals surface area contributed by atoms with Crippen LogP contribution < -0.4 is 10.2 Å². The van der Waals surface area contributed by atoms with Gasteiger partial charge in [-0.15, -0.1) is 0 Å². The zero-order valence-corrected chi connectivity index (χ0v) is 13.7. The molecule has 3 rings (SSSR count). The van der Waals surface area contributed by atoms with Crippen molar-refractivity contribution in [3.8, 4) is 6.07 Å². The van der Waals surface area contributed by atoms with Crippen molar-refractivity contribution in [2.24, 2.45) is 0 Å². The molecule has 0 aliphatic carbocycles. The number of benzene rings is 1. The number of hydrogen-bond donors (Lipinski definition) is 1. The summed E-state index contributed by atoms with van der Waals surface area (Å²) < 4.78 is 20.2. The van der Waals surface area contributed by atoms with Crippen LogP contribution in [-0.4, -0.2) is 30.3 Å². The molecule has 124 valence electrons. The van der Waals surface area contributed by atoms with E-state index in [1.54, 1.807) is 24.3 Å². The molecule has 6 heteroatoms. The Bertz CT molecular complexity index is 764. The number of anilines is 3. The number of nitriles is 1. The number of ether oxygens (including phenoxy) is 1. The first-order valence-corrected chi connectivity index (χ1v) is 7.89. The number of pyridine rings is 1. The van der Waals surface area contributed by atoms with Crippen molar-refractivity contribution in [3.63, 3.8) is 0 Å². The maximum atomic E-state index is 14.5. The molecule has 0 saturated carbocycles. The van der Waals surface area contributed by atoms with Crippen molar-refractivity contribution in [1.29, 1.82) is 5.26 Å². The van der Waals surface area contributed by atoms with E-state index in [-0.39, 0.29) is 18.0 Å². The number of aromatic nitrogens is 1. The minimum Gasteiger partial charge on any atom is -0.372 e. The lowest BCUT2D eigenvalue weighted by molar-refractivity contribution is -0.00539. The van der Waals surface area contributed by atoms with Crippen LogP contribution in [0.15, 0.2) is 36.4 Å². The molecule has 5 nitrogen and oxygen atoms in total. The Morgan fingerprint density at radius 3 is 2.67 bits per heavy atom.